The third kappa shape index (κ3) is 2.76. The van der Waals surface area contributed by atoms with Crippen LogP contribution in [0.3, 0.4) is 0 Å². The van der Waals surface area contributed by atoms with Gasteiger partial charge in [0.2, 0.25) is 0 Å². The van der Waals surface area contributed by atoms with Crippen LogP contribution in [0.25, 0.3) is 0 Å². The van der Waals surface area contributed by atoms with E-state index in [9.17, 15) is 4.79 Å². The highest BCUT2D eigenvalue weighted by molar-refractivity contribution is 9.10. The Morgan fingerprint density at radius 2 is 2.00 bits per heavy atom. The Bertz CT molecular complexity index is 374. The molecular weight excluding hydrogens is 272 g/mol. The molecule has 1 N–H and O–H groups in total. The Labute approximate surface area is 103 Å². The van der Waals surface area contributed by atoms with Crippen LogP contribution in [0, 0.1) is 5.92 Å². The van der Waals surface area contributed by atoms with Crippen LogP contribution < -0.4 is 4.74 Å². The van der Waals surface area contributed by atoms with E-state index >= 15 is 0 Å². The Kier molecular flexibility index (Phi) is 3.49. The van der Waals surface area contributed by atoms with Gasteiger partial charge in [0.25, 0.3) is 0 Å². The van der Waals surface area contributed by atoms with Crippen molar-refractivity contribution in [2.45, 2.75) is 25.4 Å². The summed E-state index contributed by atoms with van der Waals surface area (Å²) in [6.45, 7) is 0. The average molecular weight is 285 g/mol. The Morgan fingerprint density at radius 3 is 2.56 bits per heavy atom. The summed E-state index contributed by atoms with van der Waals surface area (Å²) >= 11 is 3.35. The predicted molar refractivity (Wildman–Crippen MR) is 63.5 cm³/mol. The van der Waals surface area contributed by atoms with Crippen molar-refractivity contribution in [3.63, 3.8) is 0 Å². The van der Waals surface area contributed by atoms with Crippen LogP contribution in [-0.4, -0.2) is 17.2 Å². The zero-order chi connectivity index (χ0) is 11.5. The Hall–Kier alpha value is -1.03. The summed E-state index contributed by atoms with van der Waals surface area (Å²) in [5.74, 6) is -0.137. The number of carbonyl (C=O) groups is 1. The van der Waals surface area contributed by atoms with Crippen molar-refractivity contribution < 1.29 is 14.6 Å². The van der Waals surface area contributed by atoms with Crippen molar-refractivity contribution in [1.82, 2.24) is 0 Å². The topological polar surface area (TPSA) is 46.5 Å². The molecule has 1 aromatic carbocycles. The molecule has 1 aliphatic rings. The first-order valence-electron chi connectivity index (χ1n) is 5.30. The van der Waals surface area contributed by atoms with Crippen molar-refractivity contribution >= 4 is 21.9 Å². The summed E-state index contributed by atoms with van der Waals surface area (Å²) < 4.78 is 6.74. The van der Waals surface area contributed by atoms with Gasteiger partial charge in [-0.2, -0.15) is 0 Å². The molecule has 4 heteroatoms. The first-order chi connectivity index (χ1) is 7.65. The van der Waals surface area contributed by atoms with Gasteiger partial charge in [0.05, 0.1) is 12.0 Å². The number of rotatable bonds is 3. The summed E-state index contributed by atoms with van der Waals surface area (Å²) in [6.07, 6.45) is 2.21. The van der Waals surface area contributed by atoms with E-state index in [2.05, 4.69) is 15.9 Å². The minimum atomic E-state index is -0.707. The molecule has 1 aliphatic carbocycles. The van der Waals surface area contributed by atoms with Crippen LogP contribution in [0.5, 0.6) is 5.75 Å². The number of ether oxygens (including phenoxy) is 1. The highest BCUT2D eigenvalue weighted by atomic mass is 79.9. The molecule has 2 atom stereocenters. The van der Waals surface area contributed by atoms with Gasteiger partial charge in [0.15, 0.2) is 0 Å². The summed E-state index contributed by atoms with van der Waals surface area (Å²) in [6, 6.07) is 7.61. The molecule has 16 heavy (non-hydrogen) atoms. The third-order valence-electron chi connectivity index (χ3n) is 2.85. The monoisotopic (exact) mass is 284 g/mol. The van der Waals surface area contributed by atoms with Gasteiger partial charge >= 0.3 is 5.97 Å². The van der Waals surface area contributed by atoms with Crippen LogP contribution in [0.15, 0.2) is 28.7 Å². The van der Waals surface area contributed by atoms with Gasteiger partial charge in [-0.15, -0.1) is 0 Å². The van der Waals surface area contributed by atoms with E-state index < -0.39 is 5.97 Å². The van der Waals surface area contributed by atoms with Crippen molar-refractivity contribution in [3.05, 3.63) is 28.7 Å². The standard InChI is InChI=1S/C12H13BrO3/c13-9-2-5-10(6-3-9)16-11-4-1-8(7-11)12(14)15/h2-3,5-6,8,11H,1,4,7H2,(H,14,15)/t8-,11-/m1/s1. The number of hydrogen-bond acceptors (Lipinski definition) is 2. The number of carboxylic acid groups (broad SMARTS) is 1. The maximum absolute atomic E-state index is 10.8. The first kappa shape index (κ1) is 11.5. The highest BCUT2D eigenvalue weighted by Crippen LogP contribution is 2.29. The van der Waals surface area contributed by atoms with Gasteiger partial charge in [0.1, 0.15) is 5.75 Å². The van der Waals surface area contributed by atoms with Gasteiger partial charge in [-0.3, -0.25) is 4.79 Å². The largest absolute Gasteiger partial charge is 0.490 e. The number of benzene rings is 1. The Balaban J connectivity index is 1.92. The van der Waals surface area contributed by atoms with E-state index in [1.54, 1.807) is 0 Å². The SMILES string of the molecule is O=C(O)[C@@H]1CC[C@@H](Oc2ccc(Br)cc2)C1. The average Bonchev–Trinajstić information content (AvgIpc) is 2.70. The fourth-order valence-corrected chi connectivity index (χ4v) is 2.24. The second-order valence-corrected chi connectivity index (χ2v) is 4.96. The number of carboxylic acids is 1. The summed E-state index contributed by atoms with van der Waals surface area (Å²) in [5, 5.41) is 8.87. The lowest BCUT2D eigenvalue weighted by Crippen LogP contribution is -2.15. The molecule has 0 aliphatic heterocycles. The van der Waals surface area contributed by atoms with Crippen LogP contribution in [0.1, 0.15) is 19.3 Å². The number of aliphatic carboxylic acids is 1. The fraction of sp³-hybridized carbons (Fsp3) is 0.417. The van der Waals surface area contributed by atoms with Crippen molar-refractivity contribution in [3.8, 4) is 5.75 Å². The minimum Gasteiger partial charge on any atom is -0.490 e. The highest BCUT2D eigenvalue weighted by Gasteiger charge is 2.30. The quantitative estimate of drug-likeness (QED) is 0.928. The van der Waals surface area contributed by atoms with Gasteiger partial charge in [-0.05, 0) is 43.5 Å². The maximum atomic E-state index is 10.8. The van der Waals surface area contributed by atoms with Crippen LogP contribution in [0.2, 0.25) is 0 Å². The van der Waals surface area contributed by atoms with Gasteiger partial charge in [-0.25, -0.2) is 0 Å². The predicted octanol–water partition coefficient (Wildman–Crippen LogP) is 3.08. The molecule has 0 heterocycles. The number of halogens is 1. The van der Waals surface area contributed by atoms with Crippen LogP contribution in [-0.2, 0) is 4.79 Å². The van der Waals surface area contributed by atoms with E-state index in [4.69, 9.17) is 9.84 Å². The molecule has 2 rings (SSSR count). The van der Waals surface area contributed by atoms with Crippen molar-refractivity contribution in [2.75, 3.05) is 0 Å². The molecule has 3 nitrogen and oxygen atoms in total. The lowest BCUT2D eigenvalue weighted by molar-refractivity contribution is -0.141. The Morgan fingerprint density at radius 1 is 1.31 bits per heavy atom. The van der Waals surface area contributed by atoms with E-state index in [0.29, 0.717) is 6.42 Å². The van der Waals surface area contributed by atoms with Crippen LogP contribution >= 0.6 is 15.9 Å². The van der Waals surface area contributed by atoms with Gasteiger partial charge in [-0.1, -0.05) is 15.9 Å². The molecule has 0 aromatic heterocycles. The summed E-state index contributed by atoms with van der Waals surface area (Å²) in [4.78, 5) is 10.8. The molecule has 0 unspecified atom stereocenters. The molecule has 0 radical (unpaired) electrons. The molecule has 1 saturated carbocycles. The second-order valence-electron chi connectivity index (χ2n) is 4.04. The van der Waals surface area contributed by atoms with Crippen LogP contribution in [0.4, 0.5) is 0 Å². The molecular formula is C12H13BrO3. The lowest BCUT2D eigenvalue weighted by Gasteiger charge is -2.13. The first-order valence-corrected chi connectivity index (χ1v) is 6.09. The molecule has 0 amide bonds. The smallest absolute Gasteiger partial charge is 0.306 e. The minimum absolute atomic E-state index is 0.0438. The molecule has 1 aromatic rings. The van der Waals surface area contributed by atoms with E-state index in [-0.39, 0.29) is 12.0 Å². The zero-order valence-electron chi connectivity index (χ0n) is 8.73. The summed E-state index contributed by atoms with van der Waals surface area (Å²) in [5.41, 5.74) is 0. The molecule has 0 saturated heterocycles. The molecule has 1 fully saturated rings. The second kappa shape index (κ2) is 4.87. The summed E-state index contributed by atoms with van der Waals surface area (Å²) in [7, 11) is 0. The van der Waals surface area contributed by atoms with Gasteiger partial charge < -0.3 is 9.84 Å². The lowest BCUT2D eigenvalue weighted by atomic mass is 10.1. The van der Waals surface area contributed by atoms with Gasteiger partial charge in [0, 0.05) is 4.47 Å². The van der Waals surface area contributed by atoms with E-state index in [1.165, 1.54) is 0 Å². The van der Waals surface area contributed by atoms with E-state index in [0.717, 1.165) is 23.1 Å². The normalized spacial score (nSPS) is 24.3. The fourth-order valence-electron chi connectivity index (χ4n) is 1.98. The maximum Gasteiger partial charge on any atom is 0.306 e. The molecule has 86 valence electrons. The third-order valence-corrected chi connectivity index (χ3v) is 3.38. The molecule has 0 bridgehead atoms. The van der Waals surface area contributed by atoms with Crippen molar-refractivity contribution in [2.24, 2.45) is 5.92 Å². The van der Waals surface area contributed by atoms with Crippen molar-refractivity contribution in [1.29, 1.82) is 0 Å². The number of hydrogen-bond donors (Lipinski definition) is 1. The zero-order valence-corrected chi connectivity index (χ0v) is 10.3. The molecule has 0 spiro atoms. The van der Waals surface area contributed by atoms with E-state index in [1.807, 2.05) is 24.3 Å².